The smallest absolute Gasteiger partial charge is 0.271 e. The number of H-pyrrole nitrogens is 1. The Bertz CT molecular complexity index is 1300. The third-order valence-corrected chi connectivity index (χ3v) is 6.76. The summed E-state index contributed by atoms with van der Waals surface area (Å²) in [5, 5.41) is 12.9. The van der Waals surface area contributed by atoms with Crippen LogP contribution in [0.2, 0.25) is 0 Å². The number of anilines is 3. The molecule has 10 heteroatoms. The van der Waals surface area contributed by atoms with Crippen LogP contribution in [0.3, 0.4) is 0 Å². The Kier molecular flexibility index (Phi) is 6.59. The Labute approximate surface area is 200 Å². The minimum absolute atomic E-state index is 0.0568. The lowest BCUT2D eigenvalue weighted by Gasteiger charge is -2.19. The van der Waals surface area contributed by atoms with Crippen LogP contribution in [0.25, 0.3) is 0 Å². The molecule has 0 spiro atoms. The third kappa shape index (κ3) is 4.54. The van der Waals surface area contributed by atoms with Gasteiger partial charge in [-0.15, -0.1) is 12.6 Å². The van der Waals surface area contributed by atoms with E-state index in [-0.39, 0.29) is 29.5 Å². The van der Waals surface area contributed by atoms with Crippen LogP contribution in [0.5, 0.6) is 0 Å². The number of aromatic nitrogens is 1. The molecule has 4 rings (SSSR count). The number of thiol groups is 1. The molecule has 2 aromatic carbocycles. The van der Waals surface area contributed by atoms with Gasteiger partial charge < -0.3 is 21.1 Å². The van der Waals surface area contributed by atoms with Gasteiger partial charge in [-0.05, 0) is 73.3 Å². The second kappa shape index (κ2) is 9.42. The number of nitrogens with two attached hydrogens (primary N) is 1. The van der Waals surface area contributed by atoms with Crippen molar-refractivity contribution in [2.75, 3.05) is 23.4 Å². The van der Waals surface area contributed by atoms with Crippen molar-refractivity contribution in [2.24, 2.45) is 10.7 Å². The normalized spacial score (nSPS) is 14.3. The summed E-state index contributed by atoms with van der Waals surface area (Å²) in [6.45, 7) is 4.03. The Morgan fingerprint density at radius 2 is 2.18 bits per heavy atom. The van der Waals surface area contributed by atoms with Crippen molar-refractivity contribution in [3.05, 3.63) is 69.0 Å². The second-order valence-electron chi connectivity index (χ2n) is 7.92. The highest BCUT2D eigenvalue weighted by molar-refractivity contribution is 7.80. The number of amides is 1. The standard InChI is InChI=1S/C23H25N5O3S2/c1-12-10-14(26-22-19(21(30)27-33-22)20(24)25-13(2)11-29)6-7-15(12)23(31)28-9-8-16-17(28)4-3-5-18(16)32/h3-7,10,13,26,29,32H,8-9,11H2,1-2H3,(H2,24,25)(H,27,30). The summed E-state index contributed by atoms with van der Waals surface area (Å²) in [6, 6.07) is 10.8. The van der Waals surface area contributed by atoms with E-state index < -0.39 is 6.04 Å². The van der Waals surface area contributed by atoms with E-state index in [4.69, 9.17) is 5.73 Å². The van der Waals surface area contributed by atoms with Crippen LogP contribution >= 0.6 is 24.2 Å². The van der Waals surface area contributed by atoms with E-state index in [1.165, 1.54) is 0 Å². The zero-order chi connectivity index (χ0) is 23.7. The highest BCUT2D eigenvalue weighted by Crippen LogP contribution is 2.34. The van der Waals surface area contributed by atoms with E-state index in [2.05, 4.69) is 27.3 Å². The van der Waals surface area contributed by atoms with Crippen LogP contribution in [-0.2, 0) is 6.42 Å². The van der Waals surface area contributed by atoms with Crippen LogP contribution in [0.15, 0.2) is 51.1 Å². The van der Waals surface area contributed by atoms with E-state index in [1.807, 2.05) is 31.2 Å². The van der Waals surface area contributed by atoms with Crippen LogP contribution < -0.4 is 21.5 Å². The number of rotatable bonds is 6. The lowest BCUT2D eigenvalue weighted by atomic mass is 10.1. The SMILES string of the molecule is Cc1cc(Nc2s[nH]c(=O)c2C(N)=NC(C)CO)ccc1C(=O)N1CCc2c(S)cccc21. The van der Waals surface area contributed by atoms with E-state index in [9.17, 15) is 14.7 Å². The summed E-state index contributed by atoms with van der Waals surface area (Å²) >= 11 is 5.62. The molecule has 2 heterocycles. The summed E-state index contributed by atoms with van der Waals surface area (Å²) in [5.74, 6) is -0.000537. The van der Waals surface area contributed by atoms with Gasteiger partial charge in [0.25, 0.3) is 11.5 Å². The van der Waals surface area contributed by atoms with E-state index >= 15 is 0 Å². The van der Waals surface area contributed by atoms with Crippen molar-refractivity contribution in [3.8, 4) is 0 Å². The predicted octanol–water partition coefficient (Wildman–Crippen LogP) is 3.07. The van der Waals surface area contributed by atoms with Crippen molar-refractivity contribution in [3.63, 3.8) is 0 Å². The molecule has 5 N–H and O–H groups in total. The molecular formula is C23H25N5O3S2. The molecule has 0 saturated heterocycles. The number of hydrogen-bond acceptors (Lipinski definition) is 7. The predicted molar refractivity (Wildman–Crippen MR) is 136 cm³/mol. The number of fused-ring (bicyclic) bond motifs is 1. The highest BCUT2D eigenvalue weighted by atomic mass is 32.1. The first-order chi connectivity index (χ1) is 15.8. The van der Waals surface area contributed by atoms with Crippen molar-refractivity contribution in [1.29, 1.82) is 0 Å². The number of aliphatic hydroxyl groups is 1. The van der Waals surface area contributed by atoms with Gasteiger partial charge >= 0.3 is 0 Å². The van der Waals surface area contributed by atoms with Crippen molar-refractivity contribution in [1.82, 2.24) is 4.37 Å². The van der Waals surface area contributed by atoms with Crippen LogP contribution in [0.1, 0.15) is 34.0 Å². The van der Waals surface area contributed by atoms with E-state index in [1.54, 1.807) is 24.0 Å². The number of carbonyl (C=O) groups excluding carboxylic acids is 1. The van der Waals surface area contributed by atoms with Crippen LogP contribution in [0, 0.1) is 6.92 Å². The fourth-order valence-corrected chi connectivity index (χ4v) is 4.93. The molecule has 1 amide bonds. The molecule has 0 radical (unpaired) electrons. The summed E-state index contributed by atoms with van der Waals surface area (Å²) in [5.41, 5.74) is 10.0. The maximum atomic E-state index is 13.3. The first-order valence-corrected chi connectivity index (χ1v) is 11.7. The molecular weight excluding hydrogens is 458 g/mol. The Balaban J connectivity index is 1.58. The maximum Gasteiger partial charge on any atom is 0.271 e. The number of nitrogens with zero attached hydrogens (tertiary/aromatic N) is 2. The van der Waals surface area contributed by atoms with Crippen LogP contribution in [-0.4, -0.2) is 40.4 Å². The molecule has 3 aromatic rings. The molecule has 8 nitrogen and oxygen atoms in total. The van der Waals surface area contributed by atoms with Gasteiger partial charge in [0.1, 0.15) is 16.4 Å². The number of aliphatic hydroxyl groups excluding tert-OH is 1. The minimum Gasteiger partial charge on any atom is -0.394 e. The minimum atomic E-state index is -0.418. The van der Waals surface area contributed by atoms with Gasteiger partial charge in [0.2, 0.25) is 0 Å². The number of aryl methyl sites for hydroxylation is 1. The summed E-state index contributed by atoms with van der Waals surface area (Å²) in [7, 11) is 0. The molecule has 1 unspecified atom stereocenters. The number of amidine groups is 1. The first kappa shape index (κ1) is 23.1. The Hall–Kier alpha value is -3.08. The number of nitrogens with one attached hydrogen (secondary N) is 2. The molecule has 0 bridgehead atoms. The molecule has 0 saturated carbocycles. The van der Waals surface area contributed by atoms with Crippen molar-refractivity contribution >= 4 is 52.3 Å². The first-order valence-electron chi connectivity index (χ1n) is 10.5. The number of carbonyl (C=O) groups is 1. The Morgan fingerprint density at radius 1 is 1.39 bits per heavy atom. The molecule has 1 aromatic heterocycles. The molecule has 33 heavy (non-hydrogen) atoms. The van der Waals surface area contributed by atoms with Gasteiger partial charge in [0, 0.05) is 28.4 Å². The lowest BCUT2D eigenvalue weighted by molar-refractivity contribution is 0.0989. The largest absolute Gasteiger partial charge is 0.394 e. The fourth-order valence-electron chi connectivity index (χ4n) is 3.85. The van der Waals surface area contributed by atoms with E-state index in [0.29, 0.717) is 22.8 Å². The zero-order valence-electron chi connectivity index (χ0n) is 18.3. The average Bonchev–Trinajstić information content (AvgIpc) is 3.37. The monoisotopic (exact) mass is 483 g/mol. The number of benzene rings is 2. The topological polar surface area (TPSA) is 124 Å². The third-order valence-electron chi connectivity index (χ3n) is 5.54. The molecule has 0 fully saturated rings. The number of aromatic amines is 1. The molecule has 1 aliphatic heterocycles. The molecule has 1 aliphatic rings. The molecule has 0 aliphatic carbocycles. The van der Waals surface area contributed by atoms with Crippen LogP contribution in [0.4, 0.5) is 16.4 Å². The number of aliphatic imine (C=N–C) groups is 1. The highest BCUT2D eigenvalue weighted by Gasteiger charge is 2.27. The Morgan fingerprint density at radius 3 is 2.91 bits per heavy atom. The van der Waals surface area contributed by atoms with Gasteiger partial charge in [0.15, 0.2) is 0 Å². The zero-order valence-corrected chi connectivity index (χ0v) is 20.0. The second-order valence-corrected chi connectivity index (χ2v) is 9.22. The van der Waals surface area contributed by atoms with Gasteiger partial charge in [-0.3, -0.25) is 19.0 Å². The van der Waals surface area contributed by atoms with E-state index in [0.717, 1.165) is 39.7 Å². The number of hydrogen-bond donors (Lipinski definition) is 5. The quantitative estimate of drug-likeness (QED) is 0.209. The van der Waals surface area contributed by atoms with Gasteiger partial charge in [-0.25, -0.2) is 0 Å². The summed E-state index contributed by atoms with van der Waals surface area (Å²) in [4.78, 5) is 32.4. The van der Waals surface area contributed by atoms with Gasteiger partial charge in [0.05, 0.1) is 12.6 Å². The summed E-state index contributed by atoms with van der Waals surface area (Å²) < 4.78 is 2.66. The average molecular weight is 484 g/mol. The lowest BCUT2D eigenvalue weighted by Crippen LogP contribution is -2.29. The van der Waals surface area contributed by atoms with Gasteiger partial charge in [-0.2, -0.15) is 0 Å². The maximum absolute atomic E-state index is 13.3. The van der Waals surface area contributed by atoms with Crippen molar-refractivity contribution < 1.29 is 9.90 Å². The molecule has 172 valence electrons. The fraction of sp³-hybridized carbons (Fsp3) is 0.261. The summed E-state index contributed by atoms with van der Waals surface area (Å²) in [6.07, 6.45) is 0.784. The molecule has 1 atom stereocenters. The van der Waals surface area contributed by atoms with Crippen molar-refractivity contribution in [2.45, 2.75) is 31.2 Å². The van der Waals surface area contributed by atoms with Gasteiger partial charge in [-0.1, -0.05) is 6.07 Å².